The van der Waals surface area contributed by atoms with Crippen LogP contribution in [0.4, 0.5) is 8.78 Å². The van der Waals surface area contributed by atoms with Crippen molar-refractivity contribution in [3.05, 3.63) is 47.1 Å². The van der Waals surface area contributed by atoms with Gasteiger partial charge in [0.1, 0.15) is 0 Å². The van der Waals surface area contributed by atoms with Gasteiger partial charge in [-0.15, -0.1) is 0 Å². The molecule has 192 valence electrons. The van der Waals surface area contributed by atoms with Gasteiger partial charge in [0.25, 0.3) is 0 Å². The molecule has 3 aliphatic rings. The second kappa shape index (κ2) is 9.29. The minimum Gasteiger partial charge on any atom is -0.393 e. The van der Waals surface area contributed by atoms with Crippen LogP contribution in [-0.2, 0) is 9.84 Å². The molecule has 0 unspecified atom stereocenters. The minimum atomic E-state index is -4.62. The Morgan fingerprint density at radius 2 is 1.91 bits per heavy atom. The molecule has 0 radical (unpaired) electrons. The summed E-state index contributed by atoms with van der Waals surface area (Å²) in [5, 5.41) is 16.3. The first-order chi connectivity index (χ1) is 15.5. The van der Waals surface area contributed by atoms with Crippen molar-refractivity contribution in [2.75, 3.05) is 0 Å². The fraction of sp³-hybridized carbons (Fsp3) is 0.704. The monoisotopic (exact) mass is 498 g/mol. The predicted octanol–water partition coefficient (Wildman–Crippen LogP) is 5.88. The Morgan fingerprint density at radius 1 is 1.26 bits per heavy atom. The van der Waals surface area contributed by atoms with E-state index in [2.05, 4.69) is 25.7 Å². The predicted molar refractivity (Wildman–Crippen MR) is 132 cm³/mol. The summed E-state index contributed by atoms with van der Waals surface area (Å²) in [6, 6.07) is 0. The third-order valence-electron chi connectivity index (χ3n) is 8.15. The van der Waals surface area contributed by atoms with E-state index in [-0.39, 0.29) is 11.3 Å². The van der Waals surface area contributed by atoms with Crippen LogP contribution in [0.1, 0.15) is 79.6 Å². The quantitative estimate of drug-likeness (QED) is 0.464. The van der Waals surface area contributed by atoms with Crippen LogP contribution in [0, 0.1) is 17.3 Å². The van der Waals surface area contributed by atoms with E-state index in [1.807, 2.05) is 6.08 Å². The molecule has 0 spiro atoms. The summed E-state index contributed by atoms with van der Waals surface area (Å²) in [6.45, 7) is 11.8. The average molecular weight is 499 g/mol. The smallest absolute Gasteiger partial charge is 0.346 e. The van der Waals surface area contributed by atoms with Gasteiger partial charge in [-0.2, -0.15) is 8.78 Å². The topological polar surface area (TPSA) is 74.6 Å². The molecule has 0 aromatic heterocycles. The number of rotatable bonds is 5. The molecule has 3 rings (SSSR count). The highest BCUT2D eigenvalue weighted by Crippen LogP contribution is 2.57. The molecular formula is C27H40F2O4S. The van der Waals surface area contributed by atoms with Gasteiger partial charge in [-0.05, 0) is 81.3 Å². The zero-order valence-electron chi connectivity index (χ0n) is 21.1. The second-order valence-corrected chi connectivity index (χ2v) is 14.5. The van der Waals surface area contributed by atoms with Gasteiger partial charge in [0, 0.05) is 12.8 Å². The van der Waals surface area contributed by atoms with Gasteiger partial charge in [-0.25, -0.2) is 8.42 Å². The van der Waals surface area contributed by atoms with E-state index in [0.29, 0.717) is 18.4 Å². The Labute approximate surface area is 203 Å². The van der Waals surface area contributed by atoms with Gasteiger partial charge in [0.05, 0.1) is 17.0 Å². The number of allylic oxidation sites excluding steroid dienone is 5. The highest BCUT2D eigenvalue weighted by Gasteiger charge is 2.54. The Bertz CT molecular complexity index is 1020. The lowest BCUT2D eigenvalue weighted by Gasteiger charge is -2.43. The molecule has 2 N–H and O–H groups in total. The highest BCUT2D eigenvalue weighted by molar-refractivity contribution is 7.93. The van der Waals surface area contributed by atoms with Crippen molar-refractivity contribution in [3.63, 3.8) is 0 Å². The number of sulfone groups is 1. The number of halogens is 2. The Kier molecular flexibility index (Phi) is 7.45. The second-order valence-electron chi connectivity index (χ2n) is 11.6. The van der Waals surface area contributed by atoms with Crippen LogP contribution in [0.3, 0.4) is 0 Å². The average Bonchev–Trinajstić information content (AvgIpc) is 3.06. The van der Waals surface area contributed by atoms with E-state index in [4.69, 9.17) is 0 Å². The van der Waals surface area contributed by atoms with E-state index in [0.717, 1.165) is 36.8 Å². The van der Waals surface area contributed by atoms with Crippen molar-refractivity contribution in [1.82, 2.24) is 0 Å². The van der Waals surface area contributed by atoms with Gasteiger partial charge in [0.2, 0.25) is 9.84 Å². The van der Waals surface area contributed by atoms with Gasteiger partial charge in [-0.3, -0.25) is 0 Å². The summed E-state index contributed by atoms with van der Waals surface area (Å²) in [6.07, 6.45) is 8.24. The van der Waals surface area contributed by atoms with Crippen molar-refractivity contribution >= 4 is 9.84 Å². The Hall–Kier alpha value is -1.31. The minimum absolute atomic E-state index is 0.176. The number of fused-ring (bicyclic) bond motifs is 1. The summed E-state index contributed by atoms with van der Waals surface area (Å²) < 4.78 is 53.5. The maximum Gasteiger partial charge on any atom is 0.346 e. The van der Waals surface area contributed by atoms with E-state index in [1.54, 1.807) is 6.92 Å². The summed E-state index contributed by atoms with van der Waals surface area (Å²) >= 11 is 0. The fourth-order valence-corrected chi connectivity index (χ4v) is 7.47. The van der Waals surface area contributed by atoms with Crippen LogP contribution in [0.15, 0.2) is 47.1 Å². The third-order valence-corrected chi connectivity index (χ3v) is 10.7. The normalized spacial score (nSPS) is 34.3. The molecule has 34 heavy (non-hydrogen) atoms. The van der Waals surface area contributed by atoms with Gasteiger partial charge in [0.15, 0.2) is 0 Å². The molecular weight excluding hydrogens is 458 g/mol. The number of hydrogen-bond acceptors (Lipinski definition) is 4. The van der Waals surface area contributed by atoms with Gasteiger partial charge >= 0.3 is 5.25 Å². The molecule has 0 aromatic carbocycles. The van der Waals surface area contributed by atoms with Crippen molar-refractivity contribution in [1.29, 1.82) is 0 Å². The van der Waals surface area contributed by atoms with Gasteiger partial charge < -0.3 is 10.2 Å². The molecule has 3 aliphatic carbocycles. The molecule has 0 saturated heterocycles. The van der Waals surface area contributed by atoms with Crippen LogP contribution < -0.4 is 0 Å². The molecule has 0 heterocycles. The zero-order valence-corrected chi connectivity index (χ0v) is 21.9. The fourth-order valence-electron chi connectivity index (χ4n) is 6.10. The van der Waals surface area contributed by atoms with Crippen LogP contribution in [0.5, 0.6) is 0 Å². The number of alkyl halides is 2. The third kappa shape index (κ3) is 4.85. The maximum absolute atomic E-state index is 15.0. The number of hydrogen-bond donors (Lipinski definition) is 2. The Balaban J connectivity index is 1.82. The van der Waals surface area contributed by atoms with Gasteiger partial charge in [-0.1, -0.05) is 49.8 Å². The summed E-state index contributed by atoms with van der Waals surface area (Å²) in [4.78, 5) is 0. The number of aliphatic hydroxyl groups excluding tert-OH is 2. The standard InChI is InChI=1S/C27H40F2O4S/c1-17(16-27(28,29)34(32,33)25(3,4)5)22-11-12-23-19(8-7-13-26(22,23)6)9-10-20-14-21(30)15-24(31)18(20)2/h9-11,17,21,23-24,30-31H,2,7-8,12-16H2,1,3-6H3/t17-,21+,23+,24-,26-/m1/s1. The molecule has 0 aliphatic heterocycles. The SMILES string of the molecule is C=C1C(=CC=C2CCC[C@]3(C)C([C@H](C)CC(F)(F)S(=O)(=O)C(C)(C)C)=CC[C@@H]23)C[C@H](O)C[C@H]1O. The van der Waals surface area contributed by atoms with Crippen molar-refractivity contribution < 1.29 is 27.4 Å². The molecule has 4 nitrogen and oxygen atoms in total. The van der Waals surface area contributed by atoms with Crippen LogP contribution in [0.2, 0.25) is 0 Å². The van der Waals surface area contributed by atoms with E-state index in [1.165, 1.54) is 26.3 Å². The molecule has 7 heteroatoms. The van der Waals surface area contributed by atoms with E-state index < -0.39 is 44.4 Å². The van der Waals surface area contributed by atoms with E-state index in [9.17, 15) is 27.4 Å². The van der Waals surface area contributed by atoms with Crippen molar-refractivity contribution in [2.45, 2.75) is 102 Å². The molecule has 0 amide bonds. The summed E-state index contributed by atoms with van der Waals surface area (Å²) in [5.74, 6) is -0.377. The molecule has 0 bridgehead atoms. The van der Waals surface area contributed by atoms with Crippen LogP contribution in [0.25, 0.3) is 0 Å². The summed E-state index contributed by atoms with van der Waals surface area (Å²) in [7, 11) is -4.62. The zero-order chi connectivity index (χ0) is 25.7. The molecule has 2 fully saturated rings. The van der Waals surface area contributed by atoms with Crippen molar-refractivity contribution in [3.8, 4) is 0 Å². The molecule has 5 atom stereocenters. The van der Waals surface area contributed by atoms with Crippen LogP contribution >= 0.6 is 0 Å². The lowest BCUT2D eigenvalue weighted by molar-refractivity contribution is 0.0632. The largest absolute Gasteiger partial charge is 0.393 e. The molecule has 2 saturated carbocycles. The summed E-state index contributed by atoms with van der Waals surface area (Å²) in [5.41, 5.74) is 3.37. The highest BCUT2D eigenvalue weighted by atomic mass is 32.2. The lowest BCUT2D eigenvalue weighted by atomic mass is 9.62. The van der Waals surface area contributed by atoms with Crippen molar-refractivity contribution in [2.24, 2.45) is 17.3 Å². The van der Waals surface area contributed by atoms with E-state index >= 15 is 0 Å². The van der Waals surface area contributed by atoms with Crippen LogP contribution in [-0.4, -0.2) is 40.8 Å². The molecule has 0 aromatic rings. The number of aliphatic hydroxyl groups is 2. The first kappa shape index (κ1) is 27.3. The maximum atomic E-state index is 15.0. The Morgan fingerprint density at radius 3 is 2.53 bits per heavy atom. The first-order valence-electron chi connectivity index (χ1n) is 12.3. The lowest BCUT2D eigenvalue weighted by Crippen LogP contribution is -2.43. The first-order valence-corrected chi connectivity index (χ1v) is 13.8.